The Morgan fingerprint density at radius 3 is 3.07 bits per heavy atom. The van der Waals surface area contributed by atoms with Crippen molar-refractivity contribution in [2.45, 2.75) is 24.5 Å². The van der Waals surface area contributed by atoms with E-state index >= 15 is 0 Å². The van der Waals surface area contributed by atoms with Gasteiger partial charge in [-0.25, -0.2) is 4.98 Å². The number of aromatic nitrogens is 1. The molecule has 82 valence electrons. The largest absolute Gasteiger partial charge is 0.316 e. The maximum atomic E-state index is 4.78. The predicted molar refractivity (Wildman–Crippen MR) is 66.6 cm³/mol. The fourth-order valence-corrected chi connectivity index (χ4v) is 4.41. The molecule has 3 rings (SSSR count). The van der Waals surface area contributed by atoms with E-state index < -0.39 is 0 Å². The third-order valence-corrected chi connectivity index (χ3v) is 5.45. The van der Waals surface area contributed by atoms with Crippen molar-refractivity contribution in [3.8, 4) is 0 Å². The average Bonchev–Trinajstić information content (AvgIpc) is 2.82. The summed E-state index contributed by atoms with van der Waals surface area (Å²) in [6.07, 6.45) is 3.89. The lowest BCUT2D eigenvalue weighted by atomic mass is 10.0. The molecule has 0 spiro atoms. The first-order chi connectivity index (χ1) is 7.42. The molecule has 2 fully saturated rings. The fourth-order valence-electron chi connectivity index (χ4n) is 2.12. The SMILES string of the molecule is c1sc(CC2CNC2)nc1C1CCCS1. The summed E-state index contributed by atoms with van der Waals surface area (Å²) < 4.78 is 0. The molecule has 1 N–H and O–H groups in total. The van der Waals surface area contributed by atoms with Crippen molar-refractivity contribution < 1.29 is 0 Å². The van der Waals surface area contributed by atoms with Crippen LogP contribution in [0.2, 0.25) is 0 Å². The lowest BCUT2D eigenvalue weighted by molar-refractivity contribution is 0.346. The first kappa shape index (κ1) is 10.1. The summed E-state index contributed by atoms with van der Waals surface area (Å²) in [6, 6.07) is 0. The molecule has 15 heavy (non-hydrogen) atoms. The summed E-state index contributed by atoms with van der Waals surface area (Å²) in [5.41, 5.74) is 1.35. The van der Waals surface area contributed by atoms with Crippen LogP contribution in [0, 0.1) is 5.92 Å². The Hall–Kier alpha value is -0.0600. The Labute approximate surface area is 98.9 Å². The molecule has 1 unspecified atom stereocenters. The lowest BCUT2D eigenvalue weighted by Crippen LogP contribution is -2.43. The second kappa shape index (κ2) is 4.44. The minimum atomic E-state index is 0.703. The van der Waals surface area contributed by atoms with Gasteiger partial charge in [0.1, 0.15) is 0 Å². The molecule has 0 amide bonds. The van der Waals surface area contributed by atoms with Gasteiger partial charge in [-0.1, -0.05) is 0 Å². The van der Waals surface area contributed by atoms with Gasteiger partial charge in [0.05, 0.1) is 10.7 Å². The van der Waals surface area contributed by atoms with E-state index in [2.05, 4.69) is 22.5 Å². The molecule has 2 nitrogen and oxygen atoms in total. The van der Waals surface area contributed by atoms with E-state index in [1.165, 1.54) is 48.8 Å². The van der Waals surface area contributed by atoms with Gasteiger partial charge in [-0.2, -0.15) is 11.8 Å². The molecule has 2 saturated heterocycles. The molecule has 0 saturated carbocycles. The zero-order valence-electron chi connectivity index (χ0n) is 8.74. The molecule has 1 aromatic heterocycles. The van der Waals surface area contributed by atoms with E-state index in [0.29, 0.717) is 5.25 Å². The third kappa shape index (κ3) is 2.22. The predicted octanol–water partition coefficient (Wildman–Crippen LogP) is 2.47. The van der Waals surface area contributed by atoms with Crippen molar-refractivity contribution >= 4 is 23.1 Å². The van der Waals surface area contributed by atoms with E-state index in [9.17, 15) is 0 Å². The zero-order valence-corrected chi connectivity index (χ0v) is 10.4. The molecule has 3 heterocycles. The van der Waals surface area contributed by atoms with E-state index in [1.54, 1.807) is 0 Å². The summed E-state index contributed by atoms with van der Waals surface area (Å²) in [5, 5.41) is 7.65. The summed E-state index contributed by atoms with van der Waals surface area (Å²) in [6.45, 7) is 2.38. The highest BCUT2D eigenvalue weighted by Gasteiger charge is 2.22. The fraction of sp³-hybridized carbons (Fsp3) is 0.727. The molecule has 4 heteroatoms. The highest BCUT2D eigenvalue weighted by Crippen LogP contribution is 2.40. The first-order valence-electron chi connectivity index (χ1n) is 5.68. The van der Waals surface area contributed by atoms with E-state index in [0.717, 1.165) is 5.92 Å². The number of thiazole rings is 1. The summed E-state index contributed by atoms with van der Waals surface area (Å²) in [5.74, 6) is 2.17. The van der Waals surface area contributed by atoms with Crippen LogP contribution in [0.1, 0.15) is 28.8 Å². The van der Waals surface area contributed by atoms with Crippen LogP contribution < -0.4 is 5.32 Å². The van der Waals surface area contributed by atoms with Crippen molar-refractivity contribution in [3.63, 3.8) is 0 Å². The number of nitrogens with zero attached hydrogens (tertiary/aromatic N) is 1. The zero-order chi connectivity index (χ0) is 10.1. The second-order valence-corrected chi connectivity index (χ2v) is 6.65. The molecule has 0 aromatic carbocycles. The molecule has 0 bridgehead atoms. The van der Waals surface area contributed by atoms with Gasteiger partial charge in [0, 0.05) is 17.1 Å². The molecule has 1 aromatic rings. The molecule has 0 radical (unpaired) electrons. The van der Waals surface area contributed by atoms with Crippen LogP contribution in [0.3, 0.4) is 0 Å². The molecule has 2 aliphatic rings. The molecule has 1 atom stereocenters. The van der Waals surface area contributed by atoms with Crippen LogP contribution in [0.4, 0.5) is 0 Å². The van der Waals surface area contributed by atoms with Crippen LogP contribution in [0.15, 0.2) is 5.38 Å². The van der Waals surface area contributed by atoms with Gasteiger partial charge in [0.15, 0.2) is 0 Å². The van der Waals surface area contributed by atoms with Crippen molar-refractivity contribution in [3.05, 3.63) is 16.1 Å². The van der Waals surface area contributed by atoms with Gasteiger partial charge in [0.2, 0.25) is 0 Å². The van der Waals surface area contributed by atoms with E-state index in [1.807, 2.05) is 11.3 Å². The minimum Gasteiger partial charge on any atom is -0.316 e. The smallest absolute Gasteiger partial charge is 0.0932 e. The Kier molecular flexibility index (Phi) is 2.99. The molecule has 0 aliphatic carbocycles. The number of thioether (sulfide) groups is 1. The first-order valence-corrected chi connectivity index (χ1v) is 7.61. The third-order valence-electron chi connectivity index (χ3n) is 3.16. The number of hydrogen-bond acceptors (Lipinski definition) is 4. The van der Waals surface area contributed by atoms with Gasteiger partial charge in [-0.3, -0.25) is 0 Å². The van der Waals surface area contributed by atoms with Crippen LogP contribution in [0.25, 0.3) is 0 Å². The molecule has 2 aliphatic heterocycles. The topological polar surface area (TPSA) is 24.9 Å². The normalized spacial score (nSPS) is 26.8. The minimum absolute atomic E-state index is 0.703. The van der Waals surface area contributed by atoms with Crippen LogP contribution in [-0.4, -0.2) is 23.8 Å². The maximum Gasteiger partial charge on any atom is 0.0932 e. The second-order valence-electron chi connectivity index (χ2n) is 4.40. The average molecular weight is 240 g/mol. The van der Waals surface area contributed by atoms with Crippen molar-refractivity contribution in [2.75, 3.05) is 18.8 Å². The van der Waals surface area contributed by atoms with Gasteiger partial charge < -0.3 is 5.32 Å². The Morgan fingerprint density at radius 1 is 1.47 bits per heavy atom. The highest BCUT2D eigenvalue weighted by atomic mass is 32.2. The van der Waals surface area contributed by atoms with Crippen molar-refractivity contribution in [1.82, 2.24) is 10.3 Å². The number of rotatable bonds is 3. The maximum absolute atomic E-state index is 4.78. The standard InChI is InChI=1S/C11H16N2S2/c1-2-10(14-3-1)9-7-15-11(13-9)4-8-5-12-6-8/h7-8,10,12H,1-6H2. The molecular weight excluding hydrogens is 224 g/mol. The Morgan fingerprint density at radius 2 is 2.40 bits per heavy atom. The monoisotopic (exact) mass is 240 g/mol. The number of hydrogen-bond donors (Lipinski definition) is 1. The van der Waals surface area contributed by atoms with Crippen LogP contribution in [-0.2, 0) is 6.42 Å². The van der Waals surface area contributed by atoms with Crippen molar-refractivity contribution in [1.29, 1.82) is 0 Å². The Balaban J connectivity index is 1.64. The van der Waals surface area contributed by atoms with Crippen molar-refractivity contribution in [2.24, 2.45) is 5.92 Å². The van der Waals surface area contributed by atoms with Crippen LogP contribution >= 0.6 is 23.1 Å². The summed E-state index contributed by atoms with van der Waals surface area (Å²) in [7, 11) is 0. The van der Waals surface area contributed by atoms with E-state index in [-0.39, 0.29) is 0 Å². The van der Waals surface area contributed by atoms with Gasteiger partial charge in [0.25, 0.3) is 0 Å². The van der Waals surface area contributed by atoms with Crippen LogP contribution in [0.5, 0.6) is 0 Å². The highest BCUT2D eigenvalue weighted by molar-refractivity contribution is 7.99. The molecular formula is C11H16N2S2. The summed E-state index contributed by atoms with van der Waals surface area (Å²) in [4.78, 5) is 4.78. The van der Waals surface area contributed by atoms with Gasteiger partial charge >= 0.3 is 0 Å². The lowest BCUT2D eigenvalue weighted by Gasteiger charge is -2.25. The quantitative estimate of drug-likeness (QED) is 0.878. The Bertz CT molecular complexity index is 327. The van der Waals surface area contributed by atoms with Gasteiger partial charge in [-0.15, -0.1) is 11.3 Å². The van der Waals surface area contributed by atoms with E-state index in [4.69, 9.17) is 4.98 Å². The summed E-state index contributed by atoms with van der Waals surface area (Å²) >= 11 is 3.94. The number of nitrogens with one attached hydrogen (secondary N) is 1. The van der Waals surface area contributed by atoms with Gasteiger partial charge in [-0.05, 0) is 37.6 Å².